The summed E-state index contributed by atoms with van der Waals surface area (Å²) in [5, 5.41) is 0. The Morgan fingerprint density at radius 2 is 1.71 bits per heavy atom. The van der Waals surface area contributed by atoms with Gasteiger partial charge in [0.1, 0.15) is 11.7 Å². The number of nitrogens with zero attached hydrogens (tertiary/aromatic N) is 1. The number of esters is 1. The molecule has 0 heterocycles. The lowest BCUT2D eigenvalue weighted by molar-refractivity contribution is -0.143. The van der Waals surface area contributed by atoms with Crippen molar-refractivity contribution in [3.8, 4) is 0 Å². The second-order valence-electron chi connectivity index (χ2n) is 5.72. The highest BCUT2D eigenvalue weighted by atomic mass is 19.1. The molecule has 2 aromatic carbocycles. The van der Waals surface area contributed by atoms with Crippen molar-refractivity contribution in [1.82, 2.24) is 0 Å². The number of carbonyl (C=O) groups excluding carboxylic acids is 1. The summed E-state index contributed by atoms with van der Waals surface area (Å²) in [5.41, 5.74) is 2.32. The van der Waals surface area contributed by atoms with Gasteiger partial charge in [0.15, 0.2) is 0 Å². The van der Waals surface area contributed by atoms with Gasteiger partial charge in [0.25, 0.3) is 0 Å². The third-order valence-electron chi connectivity index (χ3n) is 4.30. The van der Waals surface area contributed by atoms with E-state index in [9.17, 15) is 9.18 Å². The van der Waals surface area contributed by atoms with Gasteiger partial charge in [0, 0.05) is 18.8 Å². The highest BCUT2D eigenvalue weighted by Crippen LogP contribution is 2.30. The Morgan fingerprint density at radius 1 is 1.12 bits per heavy atom. The number of hydrogen-bond acceptors (Lipinski definition) is 3. The fourth-order valence-corrected chi connectivity index (χ4v) is 2.72. The summed E-state index contributed by atoms with van der Waals surface area (Å²) in [5.74, 6) is -1.25. The number of benzene rings is 2. The Labute approximate surface area is 142 Å². The van der Waals surface area contributed by atoms with Crippen LogP contribution in [0.5, 0.6) is 0 Å². The maximum absolute atomic E-state index is 13.2. The number of methoxy groups -OCH3 is 1. The van der Waals surface area contributed by atoms with E-state index >= 15 is 0 Å². The Kier molecular flexibility index (Phi) is 5.74. The highest BCUT2D eigenvalue weighted by molar-refractivity contribution is 5.89. The molecule has 3 nitrogen and oxygen atoms in total. The van der Waals surface area contributed by atoms with Crippen molar-refractivity contribution in [2.45, 2.75) is 13.0 Å². The van der Waals surface area contributed by atoms with E-state index in [2.05, 4.69) is 6.58 Å². The second-order valence-corrected chi connectivity index (χ2v) is 5.72. The Hall–Kier alpha value is -2.62. The lowest BCUT2D eigenvalue weighted by Crippen LogP contribution is -2.40. The van der Waals surface area contributed by atoms with Crippen molar-refractivity contribution in [3.05, 3.63) is 72.6 Å². The normalized spacial score (nSPS) is 13.0. The number of anilines is 1. The average molecular weight is 327 g/mol. The van der Waals surface area contributed by atoms with Crippen molar-refractivity contribution in [2.75, 3.05) is 19.1 Å². The van der Waals surface area contributed by atoms with Crippen molar-refractivity contribution in [1.29, 1.82) is 0 Å². The SMILES string of the molecule is C=C(c1ccc(F)cc1)C(C(=O)OC)C(C)N(C)c1ccccc1. The molecule has 0 fully saturated rings. The van der Waals surface area contributed by atoms with E-state index in [1.165, 1.54) is 19.2 Å². The van der Waals surface area contributed by atoms with E-state index in [1.54, 1.807) is 12.1 Å². The summed E-state index contributed by atoms with van der Waals surface area (Å²) in [6.45, 7) is 6.02. The van der Waals surface area contributed by atoms with Crippen LogP contribution < -0.4 is 4.90 Å². The monoisotopic (exact) mass is 327 g/mol. The van der Waals surface area contributed by atoms with Crippen LogP contribution in [0.2, 0.25) is 0 Å². The molecule has 0 N–H and O–H groups in total. The first-order valence-corrected chi connectivity index (χ1v) is 7.76. The van der Waals surface area contributed by atoms with Gasteiger partial charge >= 0.3 is 5.97 Å². The summed E-state index contributed by atoms with van der Waals surface area (Å²) >= 11 is 0. The van der Waals surface area contributed by atoms with Gasteiger partial charge in [0.05, 0.1) is 7.11 Å². The van der Waals surface area contributed by atoms with Crippen LogP contribution in [0.4, 0.5) is 10.1 Å². The first kappa shape index (κ1) is 17.7. The zero-order valence-corrected chi connectivity index (χ0v) is 14.2. The molecule has 0 aromatic heterocycles. The number of ether oxygens (including phenoxy) is 1. The average Bonchev–Trinajstić information content (AvgIpc) is 2.62. The third kappa shape index (κ3) is 3.82. The number of hydrogen-bond donors (Lipinski definition) is 0. The first-order valence-electron chi connectivity index (χ1n) is 7.76. The summed E-state index contributed by atoms with van der Waals surface area (Å²) < 4.78 is 18.1. The molecule has 0 saturated heterocycles. The van der Waals surface area contributed by atoms with Gasteiger partial charge in [0.2, 0.25) is 0 Å². The minimum absolute atomic E-state index is 0.183. The maximum atomic E-state index is 13.2. The van der Waals surface area contributed by atoms with Crippen molar-refractivity contribution < 1.29 is 13.9 Å². The molecule has 0 radical (unpaired) electrons. The van der Waals surface area contributed by atoms with Crippen LogP contribution in [0, 0.1) is 11.7 Å². The van der Waals surface area contributed by atoms with Gasteiger partial charge < -0.3 is 9.64 Å². The van der Waals surface area contributed by atoms with Gasteiger partial charge in [-0.2, -0.15) is 0 Å². The molecular formula is C20H22FNO2. The second kappa shape index (κ2) is 7.77. The minimum Gasteiger partial charge on any atom is -0.468 e. The predicted molar refractivity (Wildman–Crippen MR) is 95.2 cm³/mol. The highest BCUT2D eigenvalue weighted by Gasteiger charge is 2.32. The van der Waals surface area contributed by atoms with Gasteiger partial charge in [-0.25, -0.2) is 4.39 Å². The standard InChI is InChI=1S/C20H22FNO2/c1-14(16-10-12-17(21)13-11-16)19(20(23)24-4)15(2)22(3)18-8-6-5-7-9-18/h5-13,15,19H,1H2,2-4H3. The minimum atomic E-state index is -0.564. The summed E-state index contributed by atoms with van der Waals surface area (Å²) in [4.78, 5) is 14.4. The maximum Gasteiger partial charge on any atom is 0.315 e. The van der Waals surface area contributed by atoms with Gasteiger partial charge in [-0.3, -0.25) is 4.79 Å². The van der Waals surface area contributed by atoms with Gasteiger partial charge in [-0.05, 0) is 42.3 Å². The molecule has 0 amide bonds. The van der Waals surface area contributed by atoms with Gasteiger partial charge in [-0.15, -0.1) is 0 Å². The molecule has 2 aromatic rings. The van der Waals surface area contributed by atoms with Gasteiger partial charge in [-0.1, -0.05) is 36.9 Å². The number of halogens is 1. The van der Waals surface area contributed by atoms with Crippen LogP contribution in [-0.4, -0.2) is 26.2 Å². The molecule has 24 heavy (non-hydrogen) atoms. The molecule has 0 saturated carbocycles. The molecule has 2 unspecified atom stereocenters. The number of para-hydroxylation sites is 1. The third-order valence-corrected chi connectivity index (χ3v) is 4.30. The quantitative estimate of drug-likeness (QED) is 0.746. The molecule has 2 atom stereocenters. The topological polar surface area (TPSA) is 29.5 Å². The fraction of sp³-hybridized carbons (Fsp3) is 0.250. The number of carbonyl (C=O) groups is 1. The van der Waals surface area contributed by atoms with Crippen molar-refractivity contribution in [3.63, 3.8) is 0 Å². The fourth-order valence-electron chi connectivity index (χ4n) is 2.72. The van der Waals surface area contributed by atoms with Crippen LogP contribution in [0.3, 0.4) is 0 Å². The largest absolute Gasteiger partial charge is 0.468 e. The Morgan fingerprint density at radius 3 is 2.25 bits per heavy atom. The molecule has 2 rings (SSSR count). The summed E-state index contributed by atoms with van der Waals surface area (Å²) in [7, 11) is 3.29. The van der Waals surface area contributed by atoms with E-state index < -0.39 is 5.92 Å². The van der Waals surface area contributed by atoms with Crippen LogP contribution in [0.1, 0.15) is 12.5 Å². The number of rotatable bonds is 6. The van der Waals surface area contributed by atoms with E-state index in [4.69, 9.17) is 4.74 Å². The first-order chi connectivity index (χ1) is 11.5. The Balaban J connectivity index is 2.32. The Bertz CT molecular complexity index is 697. The van der Waals surface area contributed by atoms with E-state index in [0.29, 0.717) is 5.57 Å². The van der Waals surface area contributed by atoms with Crippen LogP contribution >= 0.6 is 0 Å². The smallest absolute Gasteiger partial charge is 0.315 e. The van der Waals surface area contributed by atoms with Crippen LogP contribution in [-0.2, 0) is 9.53 Å². The molecular weight excluding hydrogens is 305 g/mol. The molecule has 0 bridgehead atoms. The van der Waals surface area contributed by atoms with E-state index in [-0.39, 0.29) is 17.8 Å². The lowest BCUT2D eigenvalue weighted by Gasteiger charge is -2.33. The molecule has 0 aliphatic carbocycles. The van der Waals surface area contributed by atoms with Crippen molar-refractivity contribution >= 4 is 17.2 Å². The van der Waals surface area contributed by atoms with E-state index in [0.717, 1.165) is 11.3 Å². The van der Waals surface area contributed by atoms with Crippen molar-refractivity contribution in [2.24, 2.45) is 5.92 Å². The summed E-state index contributed by atoms with van der Waals surface area (Å²) in [6.07, 6.45) is 0. The lowest BCUT2D eigenvalue weighted by atomic mass is 9.87. The molecule has 0 aliphatic rings. The van der Waals surface area contributed by atoms with Crippen LogP contribution in [0.25, 0.3) is 5.57 Å². The molecule has 0 spiro atoms. The molecule has 0 aliphatic heterocycles. The van der Waals surface area contributed by atoms with E-state index in [1.807, 2.05) is 49.2 Å². The summed E-state index contributed by atoms with van der Waals surface area (Å²) in [6, 6.07) is 15.6. The predicted octanol–water partition coefficient (Wildman–Crippen LogP) is 4.15. The zero-order valence-electron chi connectivity index (χ0n) is 14.2. The van der Waals surface area contributed by atoms with Crippen LogP contribution in [0.15, 0.2) is 61.2 Å². The molecule has 126 valence electrons. The molecule has 4 heteroatoms. The zero-order chi connectivity index (χ0) is 17.7.